The minimum atomic E-state index is -0.480. The van der Waals surface area contributed by atoms with Crippen molar-refractivity contribution in [3.05, 3.63) is 119 Å². The van der Waals surface area contributed by atoms with Gasteiger partial charge in [-0.25, -0.2) is 0 Å². The van der Waals surface area contributed by atoms with Gasteiger partial charge in [0.05, 0.1) is 11.4 Å². The normalized spacial score (nSPS) is 14.6. The minimum Gasteiger partial charge on any atom is -0.488 e. The van der Waals surface area contributed by atoms with E-state index in [1.165, 1.54) is 0 Å². The third-order valence-corrected chi connectivity index (χ3v) is 6.62. The lowest BCUT2D eigenvalue weighted by Crippen LogP contribution is -2.33. The molecule has 0 bridgehead atoms. The highest BCUT2D eigenvalue weighted by molar-refractivity contribution is 8.18. The number of hydrogen-bond donors (Lipinski definition) is 0. The number of imide groups is 1. The highest BCUT2D eigenvalue weighted by Gasteiger charge is 2.36. The predicted octanol–water partition coefficient (Wildman–Crippen LogP) is 6.34. The molecule has 0 atom stereocenters. The molecule has 0 spiro atoms. The van der Waals surface area contributed by atoms with E-state index in [1.54, 1.807) is 36.4 Å². The first-order chi connectivity index (χ1) is 17.1. The Bertz CT molecular complexity index is 1450. The molecule has 0 radical (unpaired) electrons. The summed E-state index contributed by atoms with van der Waals surface area (Å²) in [6.07, 6.45) is 1.69. The summed E-state index contributed by atoms with van der Waals surface area (Å²) in [7, 11) is 0. The van der Waals surface area contributed by atoms with E-state index >= 15 is 0 Å². The number of nitrogens with zero attached hydrogens (tertiary/aromatic N) is 1. The van der Waals surface area contributed by atoms with Crippen LogP contribution in [0.4, 0.5) is 4.79 Å². The maximum Gasteiger partial charge on any atom is 0.293 e. The van der Waals surface area contributed by atoms with E-state index in [9.17, 15) is 14.4 Å². The van der Waals surface area contributed by atoms with Crippen LogP contribution < -0.4 is 4.74 Å². The van der Waals surface area contributed by atoms with Crippen LogP contribution in [0, 0.1) is 0 Å². The molecule has 0 aliphatic carbocycles. The van der Waals surface area contributed by atoms with E-state index in [0.29, 0.717) is 17.9 Å². The van der Waals surface area contributed by atoms with Crippen molar-refractivity contribution in [3.8, 4) is 5.75 Å². The molecular weight excluding hydrogens is 458 g/mol. The van der Waals surface area contributed by atoms with Crippen LogP contribution in [0.5, 0.6) is 5.75 Å². The number of ketones is 1. The van der Waals surface area contributed by atoms with Gasteiger partial charge in [-0.2, -0.15) is 0 Å². The number of carbonyl (C=O) groups excluding carboxylic acids is 3. The molecule has 1 fully saturated rings. The lowest BCUT2D eigenvalue weighted by molar-refractivity contribution is -0.122. The fourth-order valence-electron chi connectivity index (χ4n) is 3.91. The highest BCUT2D eigenvalue weighted by atomic mass is 32.2. The van der Waals surface area contributed by atoms with Crippen molar-refractivity contribution in [2.45, 2.75) is 6.61 Å². The molecule has 5 nitrogen and oxygen atoms in total. The molecule has 0 aromatic heterocycles. The van der Waals surface area contributed by atoms with E-state index in [0.717, 1.165) is 38.6 Å². The van der Waals surface area contributed by atoms with Gasteiger partial charge in [0, 0.05) is 11.1 Å². The lowest BCUT2D eigenvalue weighted by Gasteiger charge is -2.13. The molecule has 6 heteroatoms. The molecule has 35 heavy (non-hydrogen) atoms. The maximum atomic E-state index is 13.1. The van der Waals surface area contributed by atoms with Crippen LogP contribution in [0.3, 0.4) is 0 Å². The Morgan fingerprint density at radius 2 is 1.51 bits per heavy atom. The van der Waals surface area contributed by atoms with Crippen LogP contribution in [0.25, 0.3) is 16.8 Å². The molecule has 0 saturated carbocycles. The number of Topliss-reactive ketones (excluding diaryl/α,β-unsaturated/α-hetero) is 1. The summed E-state index contributed by atoms with van der Waals surface area (Å²) < 4.78 is 6.14. The van der Waals surface area contributed by atoms with Crippen LogP contribution in [0.15, 0.2) is 102 Å². The second-order valence-electron chi connectivity index (χ2n) is 8.03. The van der Waals surface area contributed by atoms with Gasteiger partial charge in [0.15, 0.2) is 5.78 Å². The molecule has 1 aliphatic heterocycles. The maximum absolute atomic E-state index is 13.1. The highest BCUT2D eigenvalue weighted by Crippen LogP contribution is 2.37. The Balaban J connectivity index is 1.46. The SMILES string of the molecule is O=C(CN1C(=O)S/C(=C/c2c(OCc3ccccc3)ccc3ccccc23)C1=O)c1ccccc1. The zero-order valence-electron chi connectivity index (χ0n) is 18.7. The van der Waals surface area contributed by atoms with Gasteiger partial charge in [-0.15, -0.1) is 0 Å². The summed E-state index contributed by atoms with van der Waals surface area (Å²) in [4.78, 5) is 39.7. The van der Waals surface area contributed by atoms with Gasteiger partial charge in [-0.05, 0) is 40.2 Å². The van der Waals surface area contributed by atoms with E-state index in [2.05, 4.69) is 0 Å². The Labute approximate surface area is 207 Å². The summed E-state index contributed by atoms with van der Waals surface area (Å²) in [5.41, 5.74) is 2.20. The fraction of sp³-hybridized carbons (Fsp3) is 0.0690. The molecule has 1 saturated heterocycles. The standard InChI is InChI=1S/C29H21NO4S/c31-25(22-12-5-2-6-13-22)18-30-28(32)27(35-29(30)33)17-24-23-14-8-7-11-21(23)15-16-26(24)34-19-20-9-3-1-4-10-20/h1-17H,18-19H2/b27-17+. The topological polar surface area (TPSA) is 63.7 Å². The van der Waals surface area contributed by atoms with Crippen molar-refractivity contribution in [3.63, 3.8) is 0 Å². The summed E-state index contributed by atoms with van der Waals surface area (Å²) >= 11 is 0.836. The minimum absolute atomic E-state index is 0.261. The van der Waals surface area contributed by atoms with Gasteiger partial charge in [0.2, 0.25) is 0 Å². The van der Waals surface area contributed by atoms with Crippen LogP contribution >= 0.6 is 11.8 Å². The van der Waals surface area contributed by atoms with Gasteiger partial charge in [0.25, 0.3) is 11.1 Å². The molecule has 5 rings (SSSR count). The van der Waals surface area contributed by atoms with Crippen molar-refractivity contribution >= 4 is 45.5 Å². The average Bonchev–Trinajstić information content (AvgIpc) is 3.16. The molecule has 4 aromatic rings. The van der Waals surface area contributed by atoms with Gasteiger partial charge in [0.1, 0.15) is 12.4 Å². The monoisotopic (exact) mass is 479 g/mol. The predicted molar refractivity (Wildman–Crippen MR) is 138 cm³/mol. The first-order valence-corrected chi connectivity index (χ1v) is 11.9. The van der Waals surface area contributed by atoms with Gasteiger partial charge >= 0.3 is 0 Å². The Morgan fingerprint density at radius 1 is 0.829 bits per heavy atom. The van der Waals surface area contributed by atoms with Crippen molar-refractivity contribution < 1.29 is 19.1 Å². The second-order valence-corrected chi connectivity index (χ2v) is 9.02. The van der Waals surface area contributed by atoms with E-state index < -0.39 is 11.1 Å². The molecule has 1 heterocycles. The van der Waals surface area contributed by atoms with E-state index in [4.69, 9.17) is 4.74 Å². The van der Waals surface area contributed by atoms with Crippen LogP contribution in [0.2, 0.25) is 0 Å². The summed E-state index contributed by atoms with van der Waals surface area (Å²) in [6, 6.07) is 30.1. The van der Waals surface area contributed by atoms with Crippen molar-refractivity contribution in [2.75, 3.05) is 6.54 Å². The molecule has 172 valence electrons. The lowest BCUT2D eigenvalue weighted by atomic mass is 10.0. The smallest absolute Gasteiger partial charge is 0.293 e. The van der Waals surface area contributed by atoms with Crippen LogP contribution in [-0.2, 0) is 11.4 Å². The molecule has 0 unspecified atom stereocenters. The van der Waals surface area contributed by atoms with Crippen molar-refractivity contribution in [1.82, 2.24) is 4.90 Å². The zero-order chi connectivity index (χ0) is 24.2. The Morgan fingerprint density at radius 3 is 2.29 bits per heavy atom. The number of ether oxygens (including phenoxy) is 1. The van der Waals surface area contributed by atoms with E-state index in [1.807, 2.05) is 66.7 Å². The third kappa shape index (κ3) is 4.88. The van der Waals surface area contributed by atoms with Crippen molar-refractivity contribution in [2.24, 2.45) is 0 Å². The zero-order valence-corrected chi connectivity index (χ0v) is 19.5. The molecule has 2 amide bonds. The molecule has 0 N–H and O–H groups in total. The summed E-state index contributed by atoms with van der Waals surface area (Å²) in [6.45, 7) is 0.0754. The van der Waals surface area contributed by atoms with E-state index in [-0.39, 0.29) is 17.2 Å². The molecule has 1 aliphatic rings. The van der Waals surface area contributed by atoms with Crippen molar-refractivity contribution in [1.29, 1.82) is 0 Å². The number of rotatable bonds is 7. The largest absolute Gasteiger partial charge is 0.488 e. The number of carbonyl (C=O) groups is 3. The molecular formula is C29H21NO4S. The number of thioether (sulfide) groups is 1. The fourth-order valence-corrected chi connectivity index (χ4v) is 4.73. The first kappa shape index (κ1) is 22.6. The quantitative estimate of drug-likeness (QED) is 0.229. The number of amides is 2. The molecule has 4 aromatic carbocycles. The summed E-state index contributed by atoms with van der Waals surface area (Å²) in [5.74, 6) is -0.155. The first-order valence-electron chi connectivity index (χ1n) is 11.1. The third-order valence-electron chi connectivity index (χ3n) is 5.71. The number of hydrogen-bond acceptors (Lipinski definition) is 5. The number of benzene rings is 4. The number of fused-ring (bicyclic) bond motifs is 1. The summed E-state index contributed by atoms with van der Waals surface area (Å²) in [5, 5.41) is 1.44. The second kappa shape index (κ2) is 9.99. The Kier molecular flexibility index (Phi) is 6.46. The van der Waals surface area contributed by atoms with Gasteiger partial charge < -0.3 is 4.74 Å². The average molecular weight is 480 g/mol. The van der Waals surface area contributed by atoms with Crippen LogP contribution in [-0.4, -0.2) is 28.4 Å². The van der Waals surface area contributed by atoms with Crippen LogP contribution in [0.1, 0.15) is 21.5 Å². The Hall–Kier alpha value is -4.16. The van der Waals surface area contributed by atoms with Gasteiger partial charge in [-0.1, -0.05) is 91.0 Å². The van der Waals surface area contributed by atoms with Gasteiger partial charge in [-0.3, -0.25) is 19.3 Å².